The third kappa shape index (κ3) is 6.22. The highest BCUT2D eigenvalue weighted by Gasteiger charge is 2.23. The van der Waals surface area contributed by atoms with Gasteiger partial charge in [0.25, 0.3) is 0 Å². The minimum atomic E-state index is 0.526. The predicted octanol–water partition coefficient (Wildman–Crippen LogP) is 3.79. The van der Waals surface area contributed by atoms with Crippen molar-refractivity contribution in [3.63, 3.8) is 0 Å². The summed E-state index contributed by atoms with van der Waals surface area (Å²) in [7, 11) is 0. The Labute approximate surface area is 187 Å². The molecule has 6 nitrogen and oxygen atoms in total. The summed E-state index contributed by atoms with van der Waals surface area (Å²) in [5.41, 5.74) is 3.36. The molecule has 3 heterocycles. The molecule has 2 aromatic rings. The number of imidazole rings is 1. The smallest absolute Gasteiger partial charge is 0.191 e. The molecule has 0 unspecified atom stereocenters. The highest BCUT2D eigenvalue weighted by molar-refractivity contribution is 5.80. The molecule has 0 amide bonds. The molecular formula is C25H40N6. The van der Waals surface area contributed by atoms with Gasteiger partial charge < -0.3 is 19.9 Å². The van der Waals surface area contributed by atoms with Gasteiger partial charge >= 0.3 is 0 Å². The summed E-state index contributed by atoms with van der Waals surface area (Å²) in [5, 5.41) is 7.12. The van der Waals surface area contributed by atoms with Crippen molar-refractivity contribution in [2.75, 3.05) is 32.7 Å². The number of aliphatic imine (C=N–C) groups is 1. The average molecular weight is 425 g/mol. The molecule has 2 aromatic heterocycles. The molecule has 2 N–H and O–H groups in total. The Balaban J connectivity index is 1.24. The van der Waals surface area contributed by atoms with Crippen molar-refractivity contribution < 1.29 is 0 Å². The quantitative estimate of drug-likeness (QED) is 0.525. The first kappa shape index (κ1) is 22.1. The number of fused-ring (bicyclic) bond motifs is 1. The fourth-order valence-electron chi connectivity index (χ4n) is 5.12. The number of nitrogens with one attached hydrogen (secondary N) is 2. The number of piperidine rings is 1. The van der Waals surface area contributed by atoms with Gasteiger partial charge in [0, 0.05) is 57.6 Å². The van der Waals surface area contributed by atoms with E-state index in [1.807, 2.05) is 0 Å². The first-order chi connectivity index (χ1) is 15.2. The number of guanidine groups is 1. The van der Waals surface area contributed by atoms with E-state index >= 15 is 0 Å². The van der Waals surface area contributed by atoms with Crippen molar-refractivity contribution in [3.8, 4) is 0 Å². The van der Waals surface area contributed by atoms with Gasteiger partial charge in [-0.05, 0) is 57.1 Å². The van der Waals surface area contributed by atoms with E-state index in [4.69, 9.17) is 9.98 Å². The second-order valence-electron chi connectivity index (χ2n) is 9.39. The van der Waals surface area contributed by atoms with Crippen LogP contribution in [0.1, 0.15) is 63.1 Å². The van der Waals surface area contributed by atoms with Gasteiger partial charge in [0.05, 0.1) is 5.69 Å². The van der Waals surface area contributed by atoms with Gasteiger partial charge in [-0.3, -0.25) is 4.99 Å². The lowest BCUT2D eigenvalue weighted by Gasteiger charge is -2.36. The van der Waals surface area contributed by atoms with Gasteiger partial charge in [-0.2, -0.15) is 0 Å². The van der Waals surface area contributed by atoms with Crippen LogP contribution in [0.2, 0.25) is 0 Å². The van der Waals surface area contributed by atoms with Crippen LogP contribution in [0.4, 0.5) is 0 Å². The van der Waals surface area contributed by atoms with E-state index in [2.05, 4.69) is 58.3 Å². The first-order valence-electron chi connectivity index (χ1n) is 12.4. The third-order valence-corrected chi connectivity index (χ3v) is 6.88. The van der Waals surface area contributed by atoms with Crippen LogP contribution in [-0.2, 0) is 6.42 Å². The summed E-state index contributed by atoms with van der Waals surface area (Å²) in [4.78, 5) is 12.3. The summed E-state index contributed by atoms with van der Waals surface area (Å²) in [6.07, 6.45) is 14.7. The lowest BCUT2D eigenvalue weighted by atomic mass is 9.88. The molecule has 1 aliphatic carbocycles. The van der Waals surface area contributed by atoms with Crippen molar-refractivity contribution in [2.45, 2.75) is 71.3 Å². The molecule has 1 aliphatic heterocycles. The molecule has 2 fully saturated rings. The summed E-state index contributed by atoms with van der Waals surface area (Å²) < 4.78 is 2.11. The summed E-state index contributed by atoms with van der Waals surface area (Å²) in [6.45, 7) is 9.63. The second kappa shape index (κ2) is 11.0. The lowest BCUT2D eigenvalue weighted by Crippen LogP contribution is -2.49. The Bertz CT molecular complexity index is 843. The van der Waals surface area contributed by atoms with Gasteiger partial charge in [0.1, 0.15) is 5.65 Å². The molecule has 0 spiro atoms. The lowest BCUT2D eigenvalue weighted by molar-refractivity contribution is 0.160. The molecule has 6 heteroatoms. The average Bonchev–Trinajstić information content (AvgIpc) is 3.20. The Morgan fingerprint density at radius 3 is 2.71 bits per heavy atom. The van der Waals surface area contributed by atoms with Crippen molar-refractivity contribution in [3.05, 3.63) is 35.8 Å². The SMILES string of the molecule is CCNC(=NCCc1cn2cccc(C)c2n1)NC1CCN(CC2CCCCC2)CC1. The number of likely N-dealkylation sites (tertiary alicyclic amines) is 1. The van der Waals surface area contributed by atoms with Crippen molar-refractivity contribution in [2.24, 2.45) is 10.9 Å². The fourth-order valence-corrected chi connectivity index (χ4v) is 5.12. The van der Waals surface area contributed by atoms with Crippen LogP contribution in [0.25, 0.3) is 5.65 Å². The van der Waals surface area contributed by atoms with Gasteiger partial charge in [-0.15, -0.1) is 0 Å². The maximum atomic E-state index is 4.84. The largest absolute Gasteiger partial charge is 0.357 e. The Kier molecular flexibility index (Phi) is 7.84. The number of pyridine rings is 1. The number of hydrogen-bond acceptors (Lipinski definition) is 3. The van der Waals surface area contributed by atoms with Crippen molar-refractivity contribution >= 4 is 11.6 Å². The van der Waals surface area contributed by atoms with E-state index in [1.54, 1.807) is 0 Å². The van der Waals surface area contributed by atoms with E-state index < -0.39 is 0 Å². The van der Waals surface area contributed by atoms with Crippen LogP contribution in [-0.4, -0.2) is 59.0 Å². The van der Waals surface area contributed by atoms with E-state index in [-0.39, 0.29) is 0 Å². The van der Waals surface area contributed by atoms with Crippen LogP contribution in [0.5, 0.6) is 0 Å². The predicted molar refractivity (Wildman–Crippen MR) is 129 cm³/mol. The zero-order valence-corrected chi connectivity index (χ0v) is 19.4. The van der Waals surface area contributed by atoms with Gasteiger partial charge in [0.15, 0.2) is 5.96 Å². The third-order valence-electron chi connectivity index (χ3n) is 6.88. The van der Waals surface area contributed by atoms with Crippen LogP contribution in [0, 0.1) is 12.8 Å². The van der Waals surface area contributed by atoms with E-state index in [0.29, 0.717) is 6.04 Å². The highest BCUT2D eigenvalue weighted by Crippen LogP contribution is 2.25. The van der Waals surface area contributed by atoms with Crippen LogP contribution in [0.15, 0.2) is 29.5 Å². The molecule has 1 saturated carbocycles. The van der Waals surface area contributed by atoms with Gasteiger partial charge in [-0.25, -0.2) is 4.98 Å². The highest BCUT2D eigenvalue weighted by atomic mass is 15.2. The van der Waals surface area contributed by atoms with Gasteiger partial charge in [-0.1, -0.05) is 25.3 Å². The number of aromatic nitrogens is 2. The zero-order chi connectivity index (χ0) is 21.5. The monoisotopic (exact) mass is 424 g/mol. The Hall–Kier alpha value is -2.08. The minimum absolute atomic E-state index is 0.526. The second-order valence-corrected chi connectivity index (χ2v) is 9.39. The Morgan fingerprint density at radius 2 is 1.97 bits per heavy atom. The number of rotatable bonds is 7. The first-order valence-corrected chi connectivity index (χ1v) is 12.4. The van der Waals surface area contributed by atoms with Crippen molar-refractivity contribution in [1.82, 2.24) is 24.9 Å². The molecule has 0 bridgehead atoms. The van der Waals surface area contributed by atoms with E-state index in [9.17, 15) is 0 Å². The summed E-state index contributed by atoms with van der Waals surface area (Å²) in [6, 6.07) is 4.70. The van der Waals surface area contributed by atoms with Crippen LogP contribution in [0.3, 0.4) is 0 Å². The van der Waals surface area contributed by atoms with Crippen LogP contribution < -0.4 is 10.6 Å². The molecule has 0 aromatic carbocycles. The topological polar surface area (TPSA) is 57.0 Å². The van der Waals surface area contributed by atoms with E-state index in [1.165, 1.54) is 70.1 Å². The molecule has 31 heavy (non-hydrogen) atoms. The van der Waals surface area contributed by atoms with Crippen LogP contribution >= 0.6 is 0 Å². The molecule has 4 rings (SSSR count). The molecule has 0 atom stereocenters. The van der Waals surface area contributed by atoms with Crippen molar-refractivity contribution in [1.29, 1.82) is 0 Å². The van der Waals surface area contributed by atoms with E-state index in [0.717, 1.165) is 42.7 Å². The van der Waals surface area contributed by atoms with Gasteiger partial charge in [0.2, 0.25) is 0 Å². The minimum Gasteiger partial charge on any atom is -0.357 e. The standard InChI is InChI=1S/C25H40N6/c1-3-26-25(27-14-11-23-19-31-15-7-8-20(2)24(31)28-23)29-22-12-16-30(17-13-22)18-21-9-5-4-6-10-21/h7-8,15,19,21-22H,3-6,9-14,16-18H2,1-2H3,(H2,26,27,29). The molecule has 1 saturated heterocycles. The number of aryl methyl sites for hydroxylation is 1. The summed E-state index contributed by atoms with van der Waals surface area (Å²) in [5.74, 6) is 1.90. The number of nitrogens with zero attached hydrogens (tertiary/aromatic N) is 4. The molecule has 0 radical (unpaired) electrons. The fraction of sp³-hybridized carbons (Fsp3) is 0.680. The maximum absolute atomic E-state index is 4.84. The number of hydrogen-bond donors (Lipinski definition) is 2. The maximum Gasteiger partial charge on any atom is 0.191 e. The Morgan fingerprint density at radius 1 is 1.16 bits per heavy atom. The molecule has 2 aliphatic rings. The normalized spacial score (nSPS) is 19.7. The molecular weight excluding hydrogens is 384 g/mol. The molecule has 170 valence electrons. The summed E-state index contributed by atoms with van der Waals surface area (Å²) >= 11 is 0. The zero-order valence-electron chi connectivity index (χ0n) is 19.4.